The summed E-state index contributed by atoms with van der Waals surface area (Å²) in [5.74, 6) is 2.89. The third kappa shape index (κ3) is 3.91. The summed E-state index contributed by atoms with van der Waals surface area (Å²) in [7, 11) is 0. The number of nitrogens with zero attached hydrogens (tertiary/aromatic N) is 4. The van der Waals surface area contributed by atoms with Crippen LogP contribution in [0.15, 0.2) is 35.0 Å². The van der Waals surface area contributed by atoms with Crippen LogP contribution < -0.4 is 15.4 Å². The van der Waals surface area contributed by atoms with Gasteiger partial charge in [-0.1, -0.05) is 0 Å². The van der Waals surface area contributed by atoms with Gasteiger partial charge in [-0.3, -0.25) is 5.41 Å². The van der Waals surface area contributed by atoms with Crippen LogP contribution >= 0.6 is 0 Å². The Morgan fingerprint density at radius 1 is 1.34 bits per heavy atom. The molecule has 0 aromatic carbocycles. The number of nitrogen functional groups attached to an aromatic ring is 1. The second kappa shape index (κ2) is 7.54. The number of hydrogen-bond donors (Lipinski definition) is 2. The van der Waals surface area contributed by atoms with Gasteiger partial charge in [0.25, 0.3) is 0 Å². The number of nitrogens with one attached hydrogen (secondary N) is 1. The smallest absolute Gasteiger partial charge is 0.214 e. The molecule has 3 aromatic heterocycles. The SMILES string of the molecule is Cc1nc2c(o1)CCN(c1cc(C(=N)c3cc(OC(C)C)ncc3N)ccn1)C2.[HH]. The number of nitrogens with two attached hydrogens (primary N) is 1. The lowest BCUT2D eigenvalue weighted by Gasteiger charge is -2.26. The molecule has 0 atom stereocenters. The van der Waals surface area contributed by atoms with Gasteiger partial charge in [-0.15, -0.1) is 0 Å². The average Bonchev–Trinajstić information content (AvgIpc) is 3.08. The van der Waals surface area contributed by atoms with E-state index in [1.807, 2.05) is 32.9 Å². The molecule has 8 nitrogen and oxygen atoms in total. The first-order valence-electron chi connectivity index (χ1n) is 9.58. The van der Waals surface area contributed by atoms with Gasteiger partial charge in [0.2, 0.25) is 5.88 Å². The van der Waals surface area contributed by atoms with Gasteiger partial charge < -0.3 is 19.8 Å². The van der Waals surface area contributed by atoms with E-state index >= 15 is 0 Å². The maximum absolute atomic E-state index is 8.68. The molecule has 0 saturated carbocycles. The van der Waals surface area contributed by atoms with Crippen LogP contribution in [-0.4, -0.2) is 33.3 Å². The van der Waals surface area contributed by atoms with Gasteiger partial charge in [0, 0.05) is 44.7 Å². The summed E-state index contributed by atoms with van der Waals surface area (Å²) in [6, 6.07) is 5.43. The number of hydrogen-bond acceptors (Lipinski definition) is 8. The maximum Gasteiger partial charge on any atom is 0.214 e. The van der Waals surface area contributed by atoms with Crippen LogP contribution in [0.3, 0.4) is 0 Å². The van der Waals surface area contributed by atoms with Crippen molar-refractivity contribution in [1.29, 1.82) is 5.41 Å². The van der Waals surface area contributed by atoms with Gasteiger partial charge in [0.15, 0.2) is 5.89 Å². The minimum atomic E-state index is -0.00940. The standard InChI is InChI=1S/C21H24N6O2.H2/c1-12(2)28-20-9-15(16(22)10-25-20)21(23)14-4-6-24-19(8-14)27-7-5-18-17(11-27)26-13(3)29-18;/h4,6,8-10,12,23H,5,7,11,22H2,1-3H3;1H. The molecule has 3 N–H and O–H groups in total. The first kappa shape index (κ1) is 18.9. The Hall–Kier alpha value is -3.42. The Labute approximate surface area is 170 Å². The summed E-state index contributed by atoms with van der Waals surface area (Å²) in [5.41, 5.74) is 9.09. The first-order valence-corrected chi connectivity index (χ1v) is 9.58. The fourth-order valence-electron chi connectivity index (χ4n) is 3.39. The van der Waals surface area contributed by atoms with E-state index in [9.17, 15) is 0 Å². The van der Waals surface area contributed by atoms with Gasteiger partial charge in [0.05, 0.1) is 30.2 Å². The molecule has 3 aromatic rings. The second-order valence-electron chi connectivity index (χ2n) is 7.33. The number of rotatable bonds is 5. The first-order chi connectivity index (χ1) is 13.9. The molecule has 0 fully saturated rings. The number of anilines is 2. The number of pyridine rings is 2. The highest BCUT2D eigenvalue weighted by atomic mass is 16.5. The molecule has 0 spiro atoms. The molecule has 0 radical (unpaired) electrons. The van der Waals surface area contributed by atoms with Gasteiger partial charge in [-0.05, 0) is 26.0 Å². The molecule has 0 amide bonds. The van der Waals surface area contributed by atoms with Crippen LogP contribution in [0.4, 0.5) is 11.5 Å². The zero-order valence-corrected chi connectivity index (χ0v) is 16.8. The predicted octanol–water partition coefficient (Wildman–Crippen LogP) is 3.37. The van der Waals surface area contributed by atoms with Crippen molar-refractivity contribution in [2.24, 2.45) is 0 Å². The minimum Gasteiger partial charge on any atom is -0.475 e. The molecule has 4 rings (SSSR count). The Morgan fingerprint density at radius 3 is 2.97 bits per heavy atom. The third-order valence-corrected chi connectivity index (χ3v) is 4.73. The summed E-state index contributed by atoms with van der Waals surface area (Å²) in [5, 5.41) is 8.68. The Kier molecular flexibility index (Phi) is 4.92. The van der Waals surface area contributed by atoms with Crippen molar-refractivity contribution in [2.45, 2.75) is 39.8 Å². The number of aromatic nitrogens is 3. The molecule has 4 heterocycles. The van der Waals surface area contributed by atoms with E-state index in [-0.39, 0.29) is 7.53 Å². The van der Waals surface area contributed by atoms with Crippen molar-refractivity contribution in [3.05, 3.63) is 59.1 Å². The van der Waals surface area contributed by atoms with E-state index in [0.717, 1.165) is 35.8 Å². The van der Waals surface area contributed by atoms with Crippen LogP contribution in [0.2, 0.25) is 0 Å². The summed E-state index contributed by atoms with van der Waals surface area (Å²) < 4.78 is 11.3. The van der Waals surface area contributed by atoms with E-state index in [1.54, 1.807) is 12.3 Å². The van der Waals surface area contributed by atoms with E-state index in [0.29, 0.717) is 35.3 Å². The molecule has 29 heavy (non-hydrogen) atoms. The molecular formula is C21H26N6O2. The average molecular weight is 394 g/mol. The quantitative estimate of drug-likeness (QED) is 0.638. The van der Waals surface area contributed by atoms with Crippen molar-refractivity contribution in [3.63, 3.8) is 0 Å². The molecule has 8 heteroatoms. The van der Waals surface area contributed by atoms with Crippen LogP contribution in [0, 0.1) is 12.3 Å². The summed E-state index contributed by atoms with van der Waals surface area (Å²) in [6.07, 6.45) is 4.02. The molecule has 152 valence electrons. The lowest BCUT2D eigenvalue weighted by atomic mass is 10.0. The van der Waals surface area contributed by atoms with Crippen molar-refractivity contribution in [1.82, 2.24) is 15.0 Å². The normalized spacial score (nSPS) is 13.4. The topological polar surface area (TPSA) is 114 Å². The van der Waals surface area contributed by atoms with Gasteiger partial charge >= 0.3 is 0 Å². The predicted molar refractivity (Wildman–Crippen MR) is 113 cm³/mol. The monoisotopic (exact) mass is 394 g/mol. The van der Waals surface area contributed by atoms with Gasteiger partial charge in [-0.2, -0.15) is 0 Å². The van der Waals surface area contributed by atoms with Crippen molar-refractivity contribution in [2.75, 3.05) is 17.2 Å². The van der Waals surface area contributed by atoms with E-state index < -0.39 is 0 Å². The Balaban J connectivity index is 0.00000256. The summed E-state index contributed by atoms with van der Waals surface area (Å²) >= 11 is 0. The highest BCUT2D eigenvalue weighted by molar-refractivity contribution is 6.14. The van der Waals surface area contributed by atoms with E-state index in [4.69, 9.17) is 20.3 Å². The molecule has 1 aliphatic rings. The second-order valence-corrected chi connectivity index (χ2v) is 7.33. The van der Waals surface area contributed by atoms with Crippen molar-refractivity contribution in [3.8, 4) is 5.88 Å². The van der Waals surface area contributed by atoms with Crippen LogP contribution in [0.25, 0.3) is 0 Å². The summed E-state index contributed by atoms with van der Waals surface area (Å²) in [4.78, 5) is 15.3. The molecule has 0 unspecified atom stereocenters. The molecule has 0 saturated heterocycles. The number of aryl methyl sites for hydroxylation is 1. The fraction of sp³-hybridized carbons (Fsp3) is 0.333. The van der Waals surface area contributed by atoms with Crippen LogP contribution in [0.5, 0.6) is 5.88 Å². The zero-order valence-electron chi connectivity index (χ0n) is 16.8. The minimum absolute atomic E-state index is 0. The van der Waals surface area contributed by atoms with Crippen LogP contribution in [-0.2, 0) is 13.0 Å². The Morgan fingerprint density at radius 2 is 2.17 bits per heavy atom. The molecule has 1 aliphatic heterocycles. The molecule has 0 bridgehead atoms. The highest BCUT2D eigenvalue weighted by Crippen LogP contribution is 2.26. The number of fused-ring (bicyclic) bond motifs is 1. The van der Waals surface area contributed by atoms with E-state index in [1.165, 1.54) is 6.20 Å². The Bertz CT molecular complexity index is 1070. The fourth-order valence-corrected chi connectivity index (χ4v) is 3.39. The number of ether oxygens (including phenoxy) is 1. The van der Waals surface area contributed by atoms with Gasteiger partial charge in [0.1, 0.15) is 17.3 Å². The third-order valence-electron chi connectivity index (χ3n) is 4.73. The lowest BCUT2D eigenvalue weighted by molar-refractivity contribution is 0.232. The number of oxazole rings is 1. The van der Waals surface area contributed by atoms with Crippen molar-refractivity contribution < 1.29 is 10.6 Å². The van der Waals surface area contributed by atoms with Gasteiger partial charge in [-0.25, -0.2) is 15.0 Å². The largest absolute Gasteiger partial charge is 0.475 e. The maximum atomic E-state index is 8.68. The zero-order chi connectivity index (χ0) is 20.5. The summed E-state index contributed by atoms with van der Waals surface area (Å²) in [6.45, 7) is 7.14. The molecular weight excluding hydrogens is 368 g/mol. The highest BCUT2D eigenvalue weighted by Gasteiger charge is 2.23. The molecule has 0 aliphatic carbocycles. The lowest BCUT2D eigenvalue weighted by Crippen LogP contribution is -2.30. The van der Waals surface area contributed by atoms with Crippen LogP contribution in [0.1, 0.15) is 43.7 Å². The van der Waals surface area contributed by atoms with E-state index in [2.05, 4.69) is 19.9 Å². The van der Waals surface area contributed by atoms with Crippen molar-refractivity contribution >= 4 is 17.2 Å².